The minimum absolute atomic E-state index is 0.0116. The number of nitrogens with zero attached hydrogens (tertiary/aromatic N) is 2. The first kappa shape index (κ1) is 22.6. The van der Waals surface area contributed by atoms with Crippen LogP contribution in [0.15, 0.2) is 24.3 Å². The Bertz CT molecular complexity index is 1070. The molecule has 1 N–H and O–H groups in total. The van der Waals surface area contributed by atoms with E-state index in [1.807, 2.05) is 18.4 Å². The molecule has 1 aliphatic rings. The average Bonchev–Trinajstić information content (AvgIpc) is 3.11. The fourth-order valence-electron chi connectivity index (χ4n) is 4.19. The maximum Gasteiger partial charge on any atom is 0.325 e. The van der Waals surface area contributed by atoms with Gasteiger partial charge < -0.3 is 14.6 Å². The molecule has 1 aliphatic heterocycles. The highest BCUT2D eigenvalue weighted by Gasteiger charge is 2.51. The van der Waals surface area contributed by atoms with Gasteiger partial charge in [-0.05, 0) is 52.0 Å². The third-order valence-corrected chi connectivity index (χ3v) is 5.68. The van der Waals surface area contributed by atoms with Gasteiger partial charge in [0.15, 0.2) is 5.78 Å². The third kappa shape index (κ3) is 3.85. The molecule has 0 bridgehead atoms. The first-order valence-electron chi connectivity index (χ1n) is 9.81. The van der Waals surface area contributed by atoms with Crippen molar-refractivity contribution in [2.45, 2.75) is 39.3 Å². The lowest BCUT2D eigenvalue weighted by atomic mass is 9.91. The molecule has 2 atom stereocenters. The number of imide groups is 1. The maximum atomic E-state index is 14.3. The van der Waals surface area contributed by atoms with Gasteiger partial charge in [0, 0.05) is 29.6 Å². The molecule has 2 heterocycles. The number of methoxy groups -OCH3 is 1. The summed E-state index contributed by atoms with van der Waals surface area (Å²) in [4.78, 5) is 39.2. The fourth-order valence-corrected chi connectivity index (χ4v) is 4.19. The van der Waals surface area contributed by atoms with Crippen LogP contribution in [-0.2, 0) is 15.1 Å². The standard InChI is InChI=1S/C22H25F2N3O4/c1-12-8-16(14(3)27(12)13(2)11-31-5)19(28)10-26-20(29)22(4,25-21(26)30)17-9-15(23)6-7-18(17)24/h6-9,13H,10-11H2,1-5H3,(H,25,30)/t13-,22-/m1/s1. The summed E-state index contributed by atoms with van der Waals surface area (Å²) in [7, 11) is 1.59. The average molecular weight is 433 g/mol. The molecule has 1 aromatic carbocycles. The number of rotatable bonds is 7. The van der Waals surface area contributed by atoms with Crippen LogP contribution in [0.25, 0.3) is 0 Å². The van der Waals surface area contributed by atoms with E-state index in [1.54, 1.807) is 20.1 Å². The molecule has 0 unspecified atom stereocenters. The highest BCUT2D eigenvalue weighted by molar-refractivity contribution is 6.11. The van der Waals surface area contributed by atoms with Crippen LogP contribution >= 0.6 is 0 Å². The number of ketones is 1. The minimum atomic E-state index is -1.81. The number of benzene rings is 1. The predicted molar refractivity (Wildman–Crippen MR) is 109 cm³/mol. The summed E-state index contributed by atoms with van der Waals surface area (Å²) in [6, 6.07) is 3.52. The van der Waals surface area contributed by atoms with Gasteiger partial charge >= 0.3 is 6.03 Å². The zero-order valence-corrected chi connectivity index (χ0v) is 18.1. The van der Waals surface area contributed by atoms with Gasteiger partial charge in [-0.1, -0.05) is 0 Å². The monoisotopic (exact) mass is 433 g/mol. The first-order valence-corrected chi connectivity index (χ1v) is 9.81. The molecule has 2 aromatic rings. The number of urea groups is 1. The zero-order chi connectivity index (χ0) is 23.1. The van der Waals surface area contributed by atoms with E-state index >= 15 is 0 Å². The van der Waals surface area contributed by atoms with E-state index < -0.39 is 41.4 Å². The summed E-state index contributed by atoms with van der Waals surface area (Å²) in [5, 5.41) is 2.39. The van der Waals surface area contributed by atoms with E-state index in [4.69, 9.17) is 4.74 Å². The number of ether oxygens (including phenoxy) is 1. The molecular weight excluding hydrogens is 408 g/mol. The predicted octanol–water partition coefficient (Wildman–Crippen LogP) is 3.24. The molecule has 0 radical (unpaired) electrons. The first-order chi connectivity index (χ1) is 14.5. The summed E-state index contributed by atoms with van der Waals surface area (Å²) < 4.78 is 35.1. The number of Topliss-reactive ketones (excluding diaryl/α,β-unsaturated/α-hetero) is 1. The van der Waals surface area contributed by atoms with Gasteiger partial charge in [-0.2, -0.15) is 0 Å². The van der Waals surface area contributed by atoms with Crippen LogP contribution < -0.4 is 5.32 Å². The number of halogens is 2. The van der Waals surface area contributed by atoms with Crippen LogP contribution in [0.5, 0.6) is 0 Å². The molecule has 0 spiro atoms. The molecule has 3 rings (SSSR count). The number of aryl methyl sites for hydroxylation is 1. The van der Waals surface area contributed by atoms with E-state index in [1.165, 1.54) is 6.92 Å². The van der Waals surface area contributed by atoms with E-state index in [0.29, 0.717) is 17.9 Å². The molecule has 1 fully saturated rings. The van der Waals surface area contributed by atoms with Crippen molar-refractivity contribution in [1.29, 1.82) is 0 Å². The fraction of sp³-hybridized carbons (Fsp3) is 0.409. The summed E-state index contributed by atoms with van der Waals surface area (Å²) in [6.45, 7) is 6.81. The molecule has 1 aromatic heterocycles. The lowest BCUT2D eigenvalue weighted by molar-refractivity contribution is -0.130. The second-order valence-electron chi connectivity index (χ2n) is 7.95. The lowest BCUT2D eigenvalue weighted by Crippen LogP contribution is -2.42. The van der Waals surface area contributed by atoms with Crippen LogP contribution in [0.1, 0.15) is 47.2 Å². The van der Waals surface area contributed by atoms with Crippen molar-refractivity contribution in [1.82, 2.24) is 14.8 Å². The Balaban J connectivity index is 1.88. The Morgan fingerprint density at radius 3 is 2.55 bits per heavy atom. The van der Waals surface area contributed by atoms with Gasteiger partial charge in [-0.25, -0.2) is 13.6 Å². The van der Waals surface area contributed by atoms with Crippen molar-refractivity contribution in [3.63, 3.8) is 0 Å². The number of aromatic nitrogens is 1. The number of carbonyl (C=O) groups excluding carboxylic acids is 3. The third-order valence-electron chi connectivity index (χ3n) is 5.68. The van der Waals surface area contributed by atoms with E-state index in [9.17, 15) is 23.2 Å². The van der Waals surface area contributed by atoms with Crippen molar-refractivity contribution < 1.29 is 27.9 Å². The summed E-state index contributed by atoms with van der Waals surface area (Å²) >= 11 is 0. The normalized spacial score (nSPS) is 19.6. The molecule has 7 nitrogen and oxygen atoms in total. The van der Waals surface area contributed by atoms with Gasteiger partial charge in [-0.15, -0.1) is 0 Å². The Morgan fingerprint density at radius 1 is 1.23 bits per heavy atom. The van der Waals surface area contributed by atoms with Gasteiger partial charge in [0.25, 0.3) is 5.91 Å². The second-order valence-corrected chi connectivity index (χ2v) is 7.95. The van der Waals surface area contributed by atoms with E-state index in [2.05, 4.69) is 5.32 Å². The van der Waals surface area contributed by atoms with E-state index in [0.717, 1.165) is 28.8 Å². The smallest absolute Gasteiger partial charge is 0.325 e. The van der Waals surface area contributed by atoms with Gasteiger partial charge in [0.2, 0.25) is 0 Å². The van der Waals surface area contributed by atoms with Crippen LogP contribution in [0.3, 0.4) is 0 Å². The lowest BCUT2D eigenvalue weighted by Gasteiger charge is -2.22. The maximum absolute atomic E-state index is 14.3. The van der Waals surface area contributed by atoms with E-state index in [-0.39, 0.29) is 11.6 Å². The highest BCUT2D eigenvalue weighted by atomic mass is 19.1. The molecule has 1 saturated heterocycles. The summed E-state index contributed by atoms with van der Waals surface area (Å²) in [6.07, 6.45) is 0. The van der Waals surface area contributed by atoms with Crippen molar-refractivity contribution in [2.24, 2.45) is 0 Å². The molecule has 3 amide bonds. The molecular formula is C22H25F2N3O4. The largest absolute Gasteiger partial charge is 0.383 e. The van der Waals surface area contributed by atoms with Crippen LogP contribution in [0, 0.1) is 25.5 Å². The van der Waals surface area contributed by atoms with Crippen molar-refractivity contribution >= 4 is 17.7 Å². The molecule has 0 aliphatic carbocycles. The Hall–Kier alpha value is -3.07. The Kier molecular flexibility index (Phi) is 6.00. The molecule has 31 heavy (non-hydrogen) atoms. The van der Waals surface area contributed by atoms with Gasteiger partial charge in [0.1, 0.15) is 17.2 Å². The number of amides is 3. The molecule has 0 saturated carbocycles. The number of carbonyl (C=O) groups is 3. The van der Waals surface area contributed by atoms with Crippen LogP contribution in [0.4, 0.5) is 13.6 Å². The van der Waals surface area contributed by atoms with Gasteiger partial charge in [-0.3, -0.25) is 14.5 Å². The Morgan fingerprint density at radius 2 is 1.90 bits per heavy atom. The van der Waals surface area contributed by atoms with Crippen LogP contribution in [-0.4, -0.2) is 47.4 Å². The molecule has 166 valence electrons. The number of hydrogen-bond acceptors (Lipinski definition) is 4. The van der Waals surface area contributed by atoms with Crippen molar-refractivity contribution in [2.75, 3.05) is 20.3 Å². The number of nitrogens with one attached hydrogen (secondary N) is 1. The van der Waals surface area contributed by atoms with Crippen LogP contribution in [0.2, 0.25) is 0 Å². The zero-order valence-electron chi connectivity index (χ0n) is 18.1. The number of hydrogen-bond donors (Lipinski definition) is 1. The second kappa shape index (κ2) is 8.22. The SMILES string of the molecule is COC[C@@H](C)n1c(C)cc(C(=O)CN2C(=O)N[C@](C)(c3cc(F)ccc3F)C2=O)c1C. The van der Waals surface area contributed by atoms with Crippen molar-refractivity contribution in [3.8, 4) is 0 Å². The Labute approximate surface area is 179 Å². The minimum Gasteiger partial charge on any atom is -0.383 e. The summed E-state index contributed by atoms with van der Waals surface area (Å²) in [5.74, 6) is -2.83. The highest BCUT2D eigenvalue weighted by Crippen LogP contribution is 2.31. The van der Waals surface area contributed by atoms with Gasteiger partial charge in [0.05, 0.1) is 19.2 Å². The molecule has 9 heteroatoms. The topological polar surface area (TPSA) is 80.6 Å². The quantitative estimate of drug-likeness (QED) is 0.537. The van der Waals surface area contributed by atoms with Crippen molar-refractivity contribution in [3.05, 3.63) is 58.4 Å². The summed E-state index contributed by atoms with van der Waals surface area (Å²) in [5.41, 5.74) is -0.195.